The van der Waals surface area contributed by atoms with Gasteiger partial charge in [-0.15, -0.1) is 0 Å². The fraction of sp³-hybridized carbons (Fsp3) is 0.304. The number of ether oxygens (including phenoxy) is 2. The maximum Gasteiger partial charge on any atom is 0.259 e. The van der Waals surface area contributed by atoms with Crippen LogP contribution < -0.4 is 10.3 Å². The summed E-state index contributed by atoms with van der Waals surface area (Å²) >= 11 is 0. The Hall–Kier alpha value is -3.21. The zero-order valence-corrected chi connectivity index (χ0v) is 16.7. The normalized spacial score (nSPS) is 14.6. The van der Waals surface area contributed by atoms with Crippen LogP contribution in [0.3, 0.4) is 0 Å². The number of pyridine rings is 1. The van der Waals surface area contributed by atoms with Crippen LogP contribution in [0.2, 0.25) is 0 Å². The zero-order valence-electron chi connectivity index (χ0n) is 16.7. The van der Waals surface area contributed by atoms with E-state index in [-0.39, 0.29) is 11.3 Å². The number of morpholine rings is 1. The first kappa shape index (κ1) is 20.1. The van der Waals surface area contributed by atoms with Crippen LogP contribution in [0.4, 0.5) is 4.39 Å². The van der Waals surface area contributed by atoms with Gasteiger partial charge in [0.25, 0.3) is 5.56 Å². The quantitative estimate of drug-likeness (QED) is 0.650. The number of rotatable bonds is 5. The molecule has 7 heteroatoms. The molecule has 0 saturated carbocycles. The number of nitriles is 1. The van der Waals surface area contributed by atoms with Gasteiger partial charge in [-0.1, -0.05) is 12.1 Å². The van der Waals surface area contributed by atoms with Gasteiger partial charge in [-0.05, 0) is 35.9 Å². The van der Waals surface area contributed by atoms with Gasteiger partial charge >= 0.3 is 0 Å². The van der Waals surface area contributed by atoms with Crippen LogP contribution in [0.1, 0.15) is 5.69 Å². The van der Waals surface area contributed by atoms with E-state index in [9.17, 15) is 14.4 Å². The van der Waals surface area contributed by atoms with E-state index < -0.39 is 5.82 Å². The van der Waals surface area contributed by atoms with E-state index in [1.165, 1.54) is 23.8 Å². The van der Waals surface area contributed by atoms with Gasteiger partial charge in [0.15, 0.2) is 0 Å². The van der Waals surface area contributed by atoms with Crippen LogP contribution in [0.25, 0.3) is 21.9 Å². The predicted molar refractivity (Wildman–Crippen MR) is 112 cm³/mol. The molecule has 0 unspecified atom stereocenters. The number of nitrogens with zero attached hydrogens (tertiary/aromatic N) is 3. The summed E-state index contributed by atoms with van der Waals surface area (Å²) in [4.78, 5) is 15.5. The monoisotopic (exact) mass is 407 g/mol. The zero-order chi connectivity index (χ0) is 21.1. The van der Waals surface area contributed by atoms with Gasteiger partial charge in [-0.25, -0.2) is 4.39 Å². The topological polar surface area (TPSA) is 67.5 Å². The molecule has 0 amide bonds. The summed E-state index contributed by atoms with van der Waals surface area (Å²) in [5, 5.41) is 11.1. The lowest BCUT2D eigenvalue weighted by molar-refractivity contribution is 0.0363. The van der Waals surface area contributed by atoms with E-state index in [1.54, 1.807) is 30.3 Å². The van der Waals surface area contributed by atoms with Crippen molar-refractivity contribution in [1.82, 2.24) is 9.47 Å². The minimum absolute atomic E-state index is 0.222. The van der Waals surface area contributed by atoms with Gasteiger partial charge in [-0.3, -0.25) is 14.3 Å². The molecule has 0 spiro atoms. The molecule has 1 fully saturated rings. The van der Waals surface area contributed by atoms with Crippen LogP contribution in [0.5, 0.6) is 5.75 Å². The highest BCUT2D eigenvalue weighted by atomic mass is 19.1. The minimum atomic E-state index is -0.404. The molecule has 1 aromatic heterocycles. The number of fused-ring (bicyclic) bond motifs is 1. The van der Waals surface area contributed by atoms with Crippen LogP contribution in [-0.4, -0.2) is 49.4 Å². The first-order chi connectivity index (χ1) is 14.6. The number of hydrogen-bond donors (Lipinski definition) is 0. The molecule has 0 N–H and O–H groups in total. The smallest absolute Gasteiger partial charge is 0.259 e. The Bertz CT molecular complexity index is 1180. The Kier molecular flexibility index (Phi) is 5.79. The van der Waals surface area contributed by atoms with E-state index in [0.717, 1.165) is 13.1 Å². The molecular weight excluding hydrogens is 385 g/mol. The molecule has 1 aliphatic heterocycles. The molecule has 30 heavy (non-hydrogen) atoms. The summed E-state index contributed by atoms with van der Waals surface area (Å²) in [5.41, 5.74) is 1.06. The third-order valence-corrected chi connectivity index (χ3v) is 5.44. The maximum atomic E-state index is 14.0. The molecule has 2 aromatic carbocycles. The number of methoxy groups -OCH3 is 1. The fourth-order valence-electron chi connectivity index (χ4n) is 3.89. The number of benzene rings is 2. The molecule has 0 aliphatic carbocycles. The Labute approximate surface area is 173 Å². The van der Waals surface area contributed by atoms with Crippen LogP contribution in [0.15, 0.2) is 47.3 Å². The third-order valence-electron chi connectivity index (χ3n) is 5.44. The van der Waals surface area contributed by atoms with Crippen molar-refractivity contribution in [3.8, 4) is 22.9 Å². The molecule has 4 rings (SSSR count). The van der Waals surface area contributed by atoms with Gasteiger partial charge in [0, 0.05) is 42.5 Å². The van der Waals surface area contributed by atoms with Crippen molar-refractivity contribution in [1.29, 1.82) is 5.26 Å². The average molecular weight is 407 g/mol. The molecule has 0 atom stereocenters. The highest BCUT2D eigenvalue weighted by Crippen LogP contribution is 2.33. The second kappa shape index (κ2) is 8.66. The number of aromatic nitrogens is 1. The Morgan fingerprint density at radius 3 is 2.63 bits per heavy atom. The highest BCUT2D eigenvalue weighted by Gasteiger charge is 2.20. The lowest BCUT2D eigenvalue weighted by Crippen LogP contribution is -2.39. The van der Waals surface area contributed by atoms with E-state index in [1.807, 2.05) is 0 Å². The van der Waals surface area contributed by atoms with Crippen molar-refractivity contribution < 1.29 is 13.9 Å². The Morgan fingerprint density at radius 1 is 1.13 bits per heavy atom. The van der Waals surface area contributed by atoms with Gasteiger partial charge < -0.3 is 9.47 Å². The lowest BCUT2D eigenvalue weighted by atomic mass is 9.96. The third kappa shape index (κ3) is 3.80. The predicted octanol–water partition coefficient (Wildman–Crippen LogP) is 3.02. The Balaban J connectivity index is 1.92. The summed E-state index contributed by atoms with van der Waals surface area (Å²) in [6.07, 6.45) is 0. The second-order valence-corrected chi connectivity index (χ2v) is 7.17. The van der Waals surface area contributed by atoms with Gasteiger partial charge in [0.2, 0.25) is 0 Å². The van der Waals surface area contributed by atoms with Crippen LogP contribution in [0, 0.1) is 17.1 Å². The molecule has 1 aliphatic rings. The van der Waals surface area contributed by atoms with Crippen molar-refractivity contribution >= 4 is 10.8 Å². The van der Waals surface area contributed by atoms with Crippen molar-refractivity contribution in [2.75, 3.05) is 40.0 Å². The molecule has 2 heterocycles. The first-order valence-corrected chi connectivity index (χ1v) is 9.83. The van der Waals surface area contributed by atoms with Crippen LogP contribution in [-0.2, 0) is 11.3 Å². The van der Waals surface area contributed by atoms with E-state index in [0.29, 0.717) is 54.0 Å². The molecule has 3 aromatic rings. The Morgan fingerprint density at radius 2 is 1.93 bits per heavy atom. The standard InChI is InChI=1S/C23H22FN3O3/c1-29-18-5-6-19-20(14-18)22(16-3-2-4-17(24)13-16)21(15-25)27(23(19)28)8-7-26-9-11-30-12-10-26/h2-6,13-14H,7-12H2,1H3. The van der Waals surface area contributed by atoms with Gasteiger partial charge in [0.1, 0.15) is 23.3 Å². The SMILES string of the molecule is COc1ccc2c(=O)n(CCN3CCOCC3)c(C#N)c(-c3cccc(F)c3)c2c1. The second-order valence-electron chi connectivity index (χ2n) is 7.17. The van der Waals surface area contributed by atoms with E-state index in [2.05, 4.69) is 11.0 Å². The molecule has 1 saturated heterocycles. The van der Waals surface area contributed by atoms with Crippen molar-refractivity contribution in [3.05, 3.63) is 64.3 Å². The maximum absolute atomic E-state index is 14.0. The summed E-state index contributed by atoms with van der Waals surface area (Å²) < 4.78 is 26.2. The summed E-state index contributed by atoms with van der Waals surface area (Å²) in [6, 6.07) is 13.4. The van der Waals surface area contributed by atoms with Crippen molar-refractivity contribution in [2.24, 2.45) is 0 Å². The highest BCUT2D eigenvalue weighted by molar-refractivity contribution is 5.99. The van der Waals surface area contributed by atoms with Crippen molar-refractivity contribution in [3.63, 3.8) is 0 Å². The van der Waals surface area contributed by atoms with E-state index >= 15 is 0 Å². The van der Waals surface area contributed by atoms with Gasteiger partial charge in [-0.2, -0.15) is 5.26 Å². The van der Waals surface area contributed by atoms with Crippen molar-refractivity contribution in [2.45, 2.75) is 6.54 Å². The van der Waals surface area contributed by atoms with E-state index in [4.69, 9.17) is 9.47 Å². The minimum Gasteiger partial charge on any atom is -0.497 e. The van der Waals surface area contributed by atoms with Gasteiger partial charge in [0.05, 0.1) is 20.3 Å². The molecule has 0 radical (unpaired) electrons. The van der Waals surface area contributed by atoms with Crippen LogP contribution >= 0.6 is 0 Å². The largest absolute Gasteiger partial charge is 0.497 e. The molecule has 0 bridgehead atoms. The summed E-state index contributed by atoms with van der Waals surface area (Å²) in [7, 11) is 1.54. The molecule has 6 nitrogen and oxygen atoms in total. The number of halogens is 1. The first-order valence-electron chi connectivity index (χ1n) is 9.83. The molecule has 154 valence electrons. The summed E-state index contributed by atoms with van der Waals surface area (Å²) in [6.45, 7) is 3.89. The fourth-order valence-corrected chi connectivity index (χ4v) is 3.89. The number of hydrogen-bond acceptors (Lipinski definition) is 5. The lowest BCUT2D eigenvalue weighted by Gasteiger charge is -2.27. The molecular formula is C23H22FN3O3. The average Bonchev–Trinajstić information content (AvgIpc) is 2.78. The summed E-state index contributed by atoms with van der Waals surface area (Å²) in [5.74, 6) is 0.160.